The van der Waals surface area contributed by atoms with Crippen LogP contribution in [0.2, 0.25) is 0 Å². The van der Waals surface area contributed by atoms with Crippen molar-refractivity contribution < 1.29 is 14.3 Å². The van der Waals surface area contributed by atoms with Crippen LogP contribution in [0.15, 0.2) is 59.7 Å². The lowest BCUT2D eigenvalue weighted by Gasteiger charge is -2.28. The Morgan fingerprint density at radius 2 is 1.25 bits per heavy atom. The molecule has 0 saturated heterocycles. The molecule has 28 heavy (non-hydrogen) atoms. The summed E-state index contributed by atoms with van der Waals surface area (Å²) in [5, 5.41) is 0. The van der Waals surface area contributed by atoms with E-state index >= 15 is 0 Å². The number of carbonyl (C=O) groups is 1. The molecule has 0 aromatic heterocycles. The Balaban J connectivity index is 2.03. The van der Waals surface area contributed by atoms with Gasteiger partial charge in [0, 0.05) is 22.3 Å². The van der Waals surface area contributed by atoms with Gasteiger partial charge < -0.3 is 9.47 Å². The maximum atomic E-state index is 13.3. The van der Waals surface area contributed by atoms with Crippen molar-refractivity contribution in [2.45, 2.75) is 26.7 Å². The van der Waals surface area contributed by atoms with Crippen molar-refractivity contribution >= 4 is 17.9 Å². The van der Waals surface area contributed by atoms with Gasteiger partial charge in [0.1, 0.15) is 11.5 Å². The minimum atomic E-state index is 0.119. The van der Waals surface area contributed by atoms with Gasteiger partial charge in [-0.3, -0.25) is 4.79 Å². The van der Waals surface area contributed by atoms with E-state index in [9.17, 15) is 4.79 Å². The van der Waals surface area contributed by atoms with E-state index in [-0.39, 0.29) is 5.78 Å². The summed E-state index contributed by atoms with van der Waals surface area (Å²) in [7, 11) is 3.31. The molecule has 1 aliphatic carbocycles. The van der Waals surface area contributed by atoms with Crippen LogP contribution < -0.4 is 9.47 Å². The van der Waals surface area contributed by atoms with Crippen LogP contribution in [0.25, 0.3) is 12.2 Å². The molecule has 1 saturated carbocycles. The number of hydrogen-bond donors (Lipinski definition) is 0. The van der Waals surface area contributed by atoms with Crippen molar-refractivity contribution in [2.24, 2.45) is 11.8 Å². The Morgan fingerprint density at radius 1 is 0.821 bits per heavy atom. The van der Waals surface area contributed by atoms with E-state index in [0.29, 0.717) is 11.8 Å². The highest BCUT2D eigenvalue weighted by atomic mass is 16.5. The van der Waals surface area contributed by atoms with Crippen LogP contribution in [0.5, 0.6) is 11.5 Å². The Bertz CT molecular complexity index is 836. The first-order valence-corrected chi connectivity index (χ1v) is 9.75. The summed E-state index contributed by atoms with van der Waals surface area (Å²) in [6.07, 6.45) is 5.56. The smallest absolute Gasteiger partial charge is 0.185 e. The monoisotopic (exact) mass is 376 g/mol. The number of rotatable bonds is 5. The average Bonchev–Trinajstić information content (AvgIpc) is 2.71. The predicted molar refractivity (Wildman–Crippen MR) is 115 cm³/mol. The highest BCUT2D eigenvalue weighted by Gasteiger charge is 2.29. The molecule has 1 aliphatic rings. The Hall–Kier alpha value is -2.81. The van der Waals surface area contributed by atoms with Crippen molar-refractivity contribution in [2.75, 3.05) is 14.2 Å². The first-order valence-electron chi connectivity index (χ1n) is 9.75. The lowest BCUT2D eigenvalue weighted by atomic mass is 9.75. The van der Waals surface area contributed by atoms with E-state index in [0.717, 1.165) is 46.6 Å². The van der Waals surface area contributed by atoms with Crippen LogP contribution in [-0.2, 0) is 4.79 Å². The molecule has 2 aromatic carbocycles. The molecule has 0 radical (unpaired) electrons. The molecule has 0 amide bonds. The summed E-state index contributed by atoms with van der Waals surface area (Å²) in [6, 6.07) is 15.6. The third-order valence-electron chi connectivity index (χ3n) is 5.43. The molecule has 0 bridgehead atoms. The first kappa shape index (κ1) is 19.9. The zero-order valence-corrected chi connectivity index (χ0v) is 17.1. The molecule has 146 valence electrons. The molecule has 3 rings (SSSR count). The van der Waals surface area contributed by atoms with Crippen LogP contribution in [0, 0.1) is 11.8 Å². The number of benzene rings is 2. The van der Waals surface area contributed by atoms with Crippen LogP contribution >= 0.6 is 0 Å². The van der Waals surface area contributed by atoms with Gasteiger partial charge in [-0.15, -0.1) is 0 Å². The molecule has 0 N–H and O–H groups in total. The molecule has 0 spiro atoms. The first-order chi connectivity index (χ1) is 13.5. The fourth-order valence-electron chi connectivity index (χ4n) is 3.70. The molecule has 0 heterocycles. The zero-order valence-electron chi connectivity index (χ0n) is 17.1. The SMILES string of the molecule is COc1ccccc1/C=C1\CC(C(C)C)C/C(=C\c2ccccc2OC)C1=O. The summed E-state index contributed by atoms with van der Waals surface area (Å²) in [5.41, 5.74) is 3.56. The highest BCUT2D eigenvalue weighted by molar-refractivity contribution is 6.14. The molecule has 0 unspecified atom stereocenters. The minimum Gasteiger partial charge on any atom is -0.496 e. The predicted octanol–water partition coefficient (Wildman–Crippen LogP) is 5.81. The van der Waals surface area contributed by atoms with E-state index in [1.807, 2.05) is 60.7 Å². The maximum Gasteiger partial charge on any atom is 0.185 e. The molecule has 0 aliphatic heterocycles. The number of methoxy groups -OCH3 is 2. The van der Waals surface area contributed by atoms with Gasteiger partial charge in [-0.1, -0.05) is 50.2 Å². The standard InChI is InChI=1S/C25H28O3/c1-17(2)20-15-21(13-18-9-5-7-11-23(18)27-3)25(26)22(16-20)14-19-10-6-8-12-24(19)28-4/h5-14,17,20H,15-16H2,1-4H3/b21-13+,22-14+. The van der Waals surface area contributed by atoms with E-state index < -0.39 is 0 Å². The topological polar surface area (TPSA) is 35.5 Å². The summed E-state index contributed by atoms with van der Waals surface area (Å²) in [5.74, 6) is 2.61. The number of para-hydroxylation sites is 2. The summed E-state index contributed by atoms with van der Waals surface area (Å²) in [6.45, 7) is 4.45. The Morgan fingerprint density at radius 3 is 1.64 bits per heavy atom. The van der Waals surface area contributed by atoms with Crippen molar-refractivity contribution in [3.8, 4) is 11.5 Å². The van der Waals surface area contributed by atoms with Crippen LogP contribution in [0.3, 0.4) is 0 Å². The number of allylic oxidation sites excluding steroid dienone is 2. The van der Waals surface area contributed by atoms with Crippen molar-refractivity contribution in [1.29, 1.82) is 0 Å². The van der Waals surface area contributed by atoms with Gasteiger partial charge in [0.25, 0.3) is 0 Å². The molecular formula is C25H28O3. The van der Waals surface area contributed by atoms with Crippen molar-refractivity contribution in [3.05, 3.63) is 70.8 Å². The maximum absolute atomic E-state index is 13.3. The van der Waals surface area contributed by atoms with E-state index in [1.165, 1.54) is 0 Å². The molecular weight excluding hydrogens is 348 g/mol. The van der Waals surface area contributed by atoms with Gasteiger partial charge in [-0.2, -0.15) is 0 Å². The van der Waals surface area contributed by atoms with Crippen LogP contribution in [0.1, 0.15) is 37.8 Å². The second-order valence-corrected chi connectivity index (χ2v) is 7.56. The number of Topliss-reactive ketones (excluding diaryl/α,β-unsaturated/α-hetero) is 1. The normalized spacial score (nSPS) is 20.0. The fraction of sp³-hybridized carbons (Fsp3) is 0.320. The summed E-state index contributed by atoms with van der Waals surface area (Å²) >= 11 is 0. The van der Waals surface area contributed by atoms with Gasteiger partial charge in [-0.05, 0) is 49.0 Å². The Labute approximate surface area is 167 Å². The number of ketones is 1. The van der Waals surface area contributed by atoms with Gasteiger partial charge in [-0.25, -0.2) is 0 Å². The fourth-order valence-corrected chi connectivity index (χ4v) is 3.70. The van der Waals surface area contributed by atoms with Gasteiger partial charge >= 0.3 is 0 Å². The number of carbonyl (C=O) groups excluding carboxylic acids is 1. The van der Waals surface area contributed by atoms with Crippen molar-refractivity contribution in [3.63, 3.8) is 0 Å². The lowest BCUT2D eigenvalue weighted by Crippen LogP contribution is -2.23. The third-order valence-corrected chi connectivity index (χ3v) is 5.43. The quantitative estimate of drug-likeness (QED) is 0.618. The summed E-state index contributed by atoms with van der Waals surface area (Å²) in [4.78, 5) is 13.3. The second kappa shape index (κ2) is 8.92. The van der Waals surface area contributed by atoms with Gasteiger partial charge in [0.15, 0.2) is 5.78 Å². The molecule has 0 atom stereocenters. The average molecular weight is 376 g/mol. The van der Waals surface area contributed by atoms with E-state index in [4.69, 9.17) is 9.47 Å². The second-order valence-electron chi connectivity index (χ2n) is 7.56. The van der Waals surface area contributed by atoms with Gasteiger partial charge in [0.05, 0.1) is 14.2 Å². The third kappa shape index (κ3) is 4.36. The van der Waals surface area contributed by atoms with Crippen LogP contribution in [0.4, 0.5) is 0 Å². The number of hydrogen-bond acceptors (Lipinski definition) is 3. The van der Waals surface area contributed by atoms with Crippen molar-refractivity contribution in [1.82, 2.24) is 0 Å². The lowest BCUT2D eigenvalue weighted by molar-refractivity contribution is -0.113. The summed E-state index contributed by atoms with van der Waals surface area (Å²) < 4.78 is 10.9. The molecule has 2 aromatic rings. The molecule has 3 heteroatoms. The van der Waals surface area contributed by atoms with Gasteiger partial charge in [0.2, 0.25) is 0 Å². The molecule has 1 fully saturated rings. The zero-order chi connectivity index (χ0) is 20.1. The largest absolute Gasteiger partial charge is 0.496 e. The highest BCUT2D eigenvalue weighted by Crippen LogP contribution is 2.37. The van der Waals surface area contributed by atoms with E-state index in [1.54, 1.807) is 14.2 Å². The minimum absolute atomic E-state index is 0.119. The van der Waals surface area contributed by atoms with Crippen LogP contribution in [-0.4, -0.2) is 20.0 Å². The molecule has 3 nitrogen and oxygen atoms in total. The Kier molecular flexibility index (Phi) is 6.35. The number of ether oxygens (including phenoxy) is 2. The van der Waals surface area contributed by atoms with E-state index in [2.05, 4.69) is 13.8 Å².